The van der Waals surface area contributed by atoms with Crippen LogP contribution >= 0.6 is 0 Å². The van der Waals surface area contributed by atoms with Gasteiger partial charge in [-0.05, 0) is 0 Å². The molecule has 0 bridgehead atoms. The second-order valence-corrected chi connectivity index (χ2v) is 5.53. The number of hydrogen-bond donors (Lipinski definition) is 2. The van der Waals surface area contributed by atoms with Crippen molar-refractivity contribution in [2.24, 2.45) is 0 Å². The molecule has 0 radical (unpaired) electrons. The molecule has 21 heavy (non-hydrogen) atoms. The van der Waals surface area contributed by atoms with Crippen molar-refractivity contribution < 1.29 is 14.7 Å². The van der Waals surface area contributed by atoms with Crippen LogP contribution in [0.3, 0.4) is 0 Å². The maximum absolute atomic E-state index is 12.0. The quantitative estimate of drug-likeness (QED) is 0.766. The summed E-state index contributed by atoms with van der Waals surface area (Å²) in [4.78, 5) is 32.5. The van der Waals surface area contributed by atoms with Crippen LogP contribution in [0.5, 0.6) is 0 Å². The third kappa shape index (κ3) is 3.63. The number of nitrogens with one attached hydrogen (secondary N) is 1. The van der Waals surface area contributed by atoms with E-state index in [9.17, 15) is 9.59 Å². The summed E-state index contributed by atoms with van der Waals surface area (Å²) in [5.74, 6) is -1.97. The van der Waals surface area contributed by atoms with E-state index in [4.69, 9.17) is 10.4 Å². The minimum atomic E-state index is -1.32. The van der Waals surface area contributed by atoms with Crippen molar-refractivity contribution >= 4 is 37.0 Å². The number of aromatic carboxylic acids is 1. The fraction of sp³-hybridized carbons (Fsp3) is 0. The number of hydrogen-bond acceptors (Lipinski definition) is 5. The van der Waals surface area contributed by atoms with Gasteiger partial charge in [0.15, 0.2) is 0 Å². The average Bonchev–Trinajstić information content (AvgIpc) is 2.49. The molecule has 0 spiro atoms. The molecule has 0 aliphatic heterocycles. The molecule has 0 fully saturated rings. The summed E-state index contributed by atoms with van der Waals surface area (Å²) in [5, 5.41) is 20.1. The Hall–Kier alpha value is -2.75. The summed E-state index contributed by atoms with van der Waals surface area (Å²) < 4.78 is 0.883. The Balaban J connectivity index is 2.19. The zero-order valence-corrected chi connectivity index (χ0v) is 12.2. The molecule has 0 unspecified atom stereocenters. The first-order valence-corrected chi connectivity index (χ1v) is 7.35. The second-order valence-electron chi connectivity index (χ2n) is 3.73. The summed E-state index contributed by atoms with van der Waals surface area (Å²) in [6.07, 6.45) is 2.46. The van der Waals surface area contributed by atoms with Crippen LogP contribution in [0, 0.1) is 10.2 Å². The van der Waals surface area contributed by atoms with Crippen molar-refractivity contribution in [1.82, 2.24) is 9.97 Å². The number of nitriles is 1. The van der Waals surface area contributed by atoms with E-state index in [-0.39, 0.29) is 20.7 Å². The molecule has 1 heterocycles. The first-order chi connectivity index (χ1) is 10.1. The summed E-state index contributed by atoms with van der Waals surface area (Å²) in [7, 11) is 0. The molecule has 104 valence electrons. The number of carbonyl (C=O) groups excluding carboxylic acids is 1. The Labute approximate surface area is 125 Å². The molecular weight excluding hydrogens is 339 g/mol. The second kappa shape index (κ2) is 6.61. The fourth-order valence-corrected chi connectivity index (χ4v) is 2.30. The van der Waals surface area contributed by atoms with E-state index in [2.05, 4.69) is 20.3 Å². The van der Waals surface area contributed by atoms with E-state index in [0.29, 0.717) is 5.69 Å². The third-order valence-corrected chi connectivity index (χ3v) is 3.65. The molecule has 2 N–H and O–H groups in total. The molecule has 1 aromatic heterocycles. The third-order valence-electron chi connectivity index (χ3n) is 2.39. The Morgan fingerprint density at radius 2 is 1.76 bits per heavy atom. The SMILES string of the molecule is N#C[Se]c1ccc(NC(=O)c2nccnc2C(=O)O)cc1. The Kier molecular flexibility index (Phi) is 4.61. The van der Waals surface area contributed by atoms with Crippen molar-refractivity contribution in [3.63, 3.8) is 0 Å². The fourth-order valence-electron chi connectivity index (χ4n) is 1.51. The predicted molar refractivity (Wildman–Crippen MR) is 74.4 cm³/mol. The van der Waals surface area contributed by atoms with E-state index < -0.39 is 17.6 Å². The van der Waals surface area contributed by atoms with Crippen LogP contribution in [0.15, 0.2) is 36.7 Å². The molecule has 1 amide bonds. The molecule has 0 saturated carbocycles. The Bertz CT molecular complexity index is 725. The van der Waals surface area contributed by atoms with Gasteiger partial charge in [0.2, 0.25) is 0 Å². The van der Waals surface area contributed by atoms with Gasteiger partial charge in [-0.25, -0.2) is 0 Å². The molecular formula is C13H8N4O3Se. The van der Waals surface area contributed by atoms with E-state index >= 15 is 0 Å². The molecule has 0 aliphatic rings. The van der Waals surface area contributed by atoms with Crippen LogP contribution in [0.25, 0.3) is 0 Å². The summed E-state index contributed by atoms with van der Waals surface area (Å²) in [6, 6.07) is 6.74. The number of aromatic nitrogens is 2. The topological polar surface area (TPSA) is 116 Å². The van der Waals surface area contributed by atoms with Gasteiger partial charge in [-0.2, -0.15) is 0 Å². The normalized spacial score (nSPS) is 9.67. The van der Waals surface area contributed by atoms with Gasteiger partial charge in [0, 0.05) is 0 Å². The molecule has 1 aromatic carbocycles. The van der Waals surface area contributed by atoms with Crippen molar-refractivity contribution in [3.8, 4) is 4.97 Å². The number of carboxylic acids is 1. The van der Waals surface area contributed by atoms with Crippen LogP contribution in [-0.4, -0.2) is 41.9 Å². The first-order valence-electron chi connectivity index (χ1n) is 5.63. The number of carboxylic acid groups (broad SMARTS) is 1. The van der Waals surface area contributed by atoms with Crippen LogP contribution < -0.4 is 9.78 Å². The van der Waals surface area contributed by atoms with Crippen molar-refractivity contribution in [2.75, 3.05) is 5.32 Å². The van der Waals surface area contributed by atoms with Crippen LogP contribution in [0.4, 0.5) is 5.69 Å². The minimum absolute atomic E-state index is 0.254. The van der Waals surface area contributed by atoms with Gasteiger partial charge in [-0.1, -0.05) is 0 Å². The predicted octanol–water partition coefficient (Wildman–Crippen LogP) is 0.238. The number of anilines is 1. The molecule has 0 saturated heterocycles. The van der Waals surface area contributed by atoms with Gasteiger partial charge >= 0.3 is 125 Å². The van der Waals surface area contributed by atoms with Gasteiger partial charge in [0.1, 0.15) is 0 Å². The van der Waals surface area contributed by atoms with Crippen LogP contribution in [-0.2, 0) is 0 Å². The zero-order valence-electron chi connectivity index (χ0n) is 10.5. The molecule has 0 atom stereocenters. The number of amides is 1. The summed E-state index contributed by atoms with van der Waals surface area (Å²) >= 11 is -0.260. The van der Waals surface area contributed by atoms with Gasteiger partial charge < -0.3 is 0 Å². The van der Waals surface area contributed by atoms with Crippen molar-refractivity contribution in [3.05, 3.63) is 48.0 Å². The Morgan fingerprint density at radius 1 is 1.14 bits per heavy atom. The number of carbonyl (C=O) groups is 2. The molecule has 7 nitrogen and oxygen atoms in total. The van der Waals surface area contributed by atoms with Crippen LogP contribution in [0.1, 0.15) is 21.0 Å². The summed E-state index contributed by atoms with van der Waals surface area (Å²) in [5.41, 5.74) is -0.172. The van der Waals surface area contributed by atoms with Crippen molar-refractivity contribution in [1.29, 1.82) is 5.26 Å². The van der Waals surface area contributed by atoms with Crippen LogP contribution in [0.2, 0.25) is 0 Å². The Morgan fingerprint density at radius 3 is 2.33 bits per heavy atom. The van der Waals surface area contributed by atoms with E-state index in [1.165, 1.54) is 12.4 Å². The van der Waals surface area contributed by atoms with Gasteiger partial charge in [0.05, 0.1) is 0 Å². The standard InChI is InChI=1S/C13H8N4O3Se/c14-7-21-9-3-1-8(2-4-9)17-12(18)10-11(13(19)20)16-6-5-15-10/h1-6H,(H,17,18)(H,19,20). The summed E-state index contributed by atoms with van der Waals surface area (Å²) in [6.45, 7) is 0. The number of benzene rings is 1. The van der Waals surface area contributed by atoms with Gasteiger partial charge in [-0.3, -0.25) is 0 Å². The number of rotatable bonds is 4. The monoisotopic (exact) mass is 348 g/mol. The van der Waals surface area contributed by atoms with Gasteiger partial charge in [0.25, 0.3) is 0 Å². The average molecular weight is 347 g/mol. The number of nitrogens with zero attached hydrogens (tertiary/aromatic N) is 3. The van der Waals surface area contributed by atoms with Crippen molar-refractivity contribution in [2.45, 2.75) is 0 Å². The molecule has 2 rings (SSSR count). The first kappa shape index (κ1) is 14.7. The molecule has 0 aliphatic carbocycles. The van der Waals surface area contributed by atoms with E-state index in [1.807, 2.05) is 0 Å². The van der Waals surface area contributed by atoms with Gasteiger partial charge in [-0.15, -0.1) is 0 Å². The maximum atomic E-state index is 12.0. The molecule has 2 aromatic rings. The van der Waals surface area contributed by atoms with E-state index in [0.717, 1.165) is 4.46 Å². The van der Waals surface area contributed by atoms with E-state index in [1.54, 1.807) is 24.3 Å². The zero-order chi connectivity index (χ0) is 15.2. The molecule has 8 heteroatoms.